The molecule has 5 nitrogen and oxygen atoms in total. The van der Waals surface area contributed by atoms with Crippen molar-refractivity contribution in [1.82, 2.24) is 15.5 Å². The van der Waals surface area contributed by atoms with Gasteiger partial charge in [0.05, 0.1) is 31.0 Å². The fourth-order valence-electron chi connectivity index (χ4n) is 1.42. The highest BCUT2D eigenvalue weighted by Crippen LogP contribution is 2.15. The van der Waals surface area contributed by atoms with Crippen molar-refractivity contribution >= 4 is 17.2 Å². The molecule has 0 aliphatic carbocycles. The number of carbonyl (C=O) groups excluding carboxylic acids is 1. The summed E-state index contributed by atoms with van der Waals surface area (Å²) in [6.45, 7) is 0.762. The number of thiophene rings is 1. The molecular weight excluding hydrogens is 260 g/mol. The van der Waals surface area contributed by atoms with Gasteiger partial charge in [0.2, 0.25) is 0 Å². The number of nitrogens with zero attached hydrogens (tertiary/aromatic N) is 2. The molecule has 6 heteroatoms. The highest BCUT2D eigenvalue weighted by atomic mass is 32.1. The van der Waals surface area contributed by atoms with Crippen molar-refractivity contribution in [3.05, 3.63) is 45.9 Å². The van der Waals surface area contributed by atoms with Gasteiger partial charge in [0.1, 0.15) is 0 Å². The van der Waals surface area contributed by atoms with Crippen LogP contribution >= 0.6 is 11.3 Å². The first-order chi connectivity index (χ1) is 9.31. The molecule has 0 radical (unpaired) electrons. The fourth-order valence-corrected chi connectivity index (χ4v) is 2.19. The molecule has 19 heavy (non-hydrogen) atoms. The van der Waals surface area contributed by atoms with Gasteiger partial charge in [-0.25, -0.2) is 0 Å². The van der Waals surface area contributed by atoms with Gasteiger partial charge in [0.15, 0.2) is 0 Å². The molecule has 0 bridgehead atoms. The smallest absolute Gasteiger partial charge is 0.253 e. The predicted octanol–water partition coefficient (Wildman–Crippen LogP) is 0.778. The van der Waals surface area contributed by atoms with Crippen LogP contribution in [0.25, 0.3) is 0 Å². The minimum Gasteiger partial charge on any atom is -0.347 e. The van der Waals surface area contributed by atoms with Gasteiger partial charge in [-0.15, -0.1) is 11.3 Å². The monoisotopic (exact) mass is 272 g/mol. The largest absolute Gasteiger partial charge is 0.347 e. The van der Waals surface area contributed by atoms with E-state index < -0.39 is 0 Å². The van der Waals surface area contributed by atoms with E-state index in [1.165, 1.54) is 12.4 Å². The number of hydrogen-bond acceptors (Lipinski definition) is 5. The Labute approximate surface area is 114 Å². The lowest BCUT2D eigenvalue weighted by Crippen LogP contribution is -2.22. The first kappa shape index (κ1) is 13.2. The number of amides is 1. The van der Waals surface area contributed by atoms with E-state index in [9.17, 15) is 4.79 Å². The molecule has 0 saturated heterocycles. The molecule has 0 fully saturated rings. The van der Waals surface area contributed by atoms with E-state index >= 15 is 0 Å². The maximum atomic E-state index is 11.8. The van der Waals surface area contributed by atoms with Gasteiger partial charge < -0.3 is 11.1 Å². The molecule has 1 amide bonds. The molecule has 0 saturated carbocycles. The van der Waals surface area contributed by atoms with Crippen molar-refractivity contribution in [3.8, 4) is 11.8 Å². The van der Waals surface area contributed by atoms with Gasteiger partial charge in [-0.1, -0.05) is 11.8 Å². The number of aromatic nitrogens is 2. The normalized spacial score (nSPS) is 9.53. The zero-order valence-electron chi connectivity index (χ0n) is 10.1. The number of carbonyl (C=O) groups is 1. The van der Waals surface area contributed by atoms with E-state index in [1.54, 1.807) is 17.4 Å². The average Bonchev–Trinajstić information content (AvgIpc) is 2.91. The zero-order chi connectivity index (χ0) is 13.5. The maximum Gasteiger partial charge on any atom is 0.253 e. The van der Waals surface area contributed by atoms with Gasteiger partial charge in [-0.05, 0) is 17.5 Å². The summed E-state index contributed by atoms with van der Waals surface area (Å²) in [5.74, 6) is 5.60. The van der Waals surface area contributed by atoms with Crippen LogP contribution in [0.5, 0.6) is 0 Å². The van der Waals surface area contributed by atoms with E-state index in [0.29, 0.717) is 18.7 Å². The minimum absolute atomic E-state index is 0.180. The van der Waals surface area contributed by atoms with E-state index in [2.05, 4.69) is 27.4 Å². The van der Waals surface area contributed by atoms with Crippen molar-refractivity contribution in [2.24, 2.45) is 5.73 Å². The van der Waals surface area contributed by atoms with Crippen LogP contribution in [-0.2, 0) is 6.54 Å². The molecule has 2 aromatic heterocycles. The van der Waals surface area contributed by atoms with E-state index in [4.69, 9.17) is 5.73 Å². The number of hydrogen-bond donors (Lipinski definition) is 2. The third kappa shape index (κ3) is 3.61. The molecule has 0 aliphatic heterocycles. The van der Waals surface area contributed by atoms with Crippen LogP contribution in [0, 0.1) is 11.8 Å². The van der Waals surface area contributed by atoms with Gasteiger partial charge in [-0.2, -0.15) is 10.2 Å². The SMILES string of the molecule is NCC#Cc1ccsc1CNC(=O)c1ccnnc1. The molecule has 0 aliphatic rings. The Morgan fingerprint density at radius 2 is 2.32 bits per heavy atom. The third-order valence-electron chi connectivity index (χ3n) is 2.33. The number of rotatable bonds is 3. The Morgan fingerprint density at radius 3 is 3.05 bits per heavy atom. The van der Waals surface area contributed by atoms with Crippen molar-refractivity contribution in [2.75, 3.05) is 6.54 Å². The van der Waals surface area contributed by atoms with Crippen LogP contribution < -0.4 is 11.1 Å². The second-order valence-corrected chi connectivity index (χ2v) is 4.58. The molecule has 96 valence electrons. The minimum atomic E-state index is -0.180. The van der Waals surface area contributed by atoms with Gasteiger partial charge in [-0.3, -0.25) is 4.79 Å². The Hall–Kier alpha value is -2.23. The number of nitrogens with one attached hydrogen (secondary N) is 1. The average molecular weight is 272 g/mol. The van der Waals surface area contributed by atoms with Crippen LogP contribution in [0.15, 0.2) is 29.9 Å². The molecule has 2 rings (SSSR count). The lowest BCUT2D eigenvalue weighted by atomic mass is 10.2. The van der Waals surface area contributed by atoms with Crippen molar-refractivity contribution in [2.45, 2.75) is 6.54 Å². The topological polar surface area (TPSA) is 80.9 Å². The predicted molar refractivity (Wildman–Crippen MR) is 73.5 cm³/mol. The molecule has 2 aromatic rings. The van der Waals surface area contributed by atoms with Crippen molar-refractivity contribution in [1.29, 1.82) is 0 Å². The molecular formula is C13H12N4OS. The Balaban J connectivity index is 2.00. The Bertz CT molecular complexity index is 612. The standard InChI is InChI=1S/C13H12N4OS/c14-5-1-2-10-4-7-19-12(10)9-15-13(18)11-3-6-16-17-8-11/h3-4,6-8H,5,9,14H2,(H,15,18). The summed E-state index contributed by atoms with van der Waals surface area (Å²) in [6, 6.07) is 3.54. The van der Waals surface area contributed by atoms with Gasteiger partial charge in [0.25, 0.3) is 5.91 Å². The summed E-state index contributed by atoms with van der Waals surface area (Å²) in [4.78, 5) is 12.8. The summed E-state index contributed by atoms with van der Waals surface area (Å²) in [7, 11) is 0. The highest BCUT2D eigenvalue weighted by Gasteiger charge is 2.07. The third-order valence-corrected chi connectivity index (χ3v) is 3.25. The lowest BCUT2D eigenvalue weighted by molar-refractivity contribution is 0.0950. The lowest BCUT2D eigenvalue weighted by Gasteiger charge is -2.03. The summed E-state index contributed by atoms with van der Waals surface area (Å²) >= 11 is 1.55. The molecule has 0 atom stereocenters. The summed E-state index contributed by atoms with van der Waals surface area (Å²) in [6.07, 6.45) is 2.91. The molecule has 0 aromatic carbocycles. The second kappa shape index (κ2) is 6.64. The van der Waals surface area contributed by atoms with Crippen LogP contribution in [0.1, 0.15) is 20.8 Å². The van der Waals surface area contributed by atoms with E-state index in [-0.39, 0.29) is 5.91 Å². The first-order valence-electron chi connectivity index (χ1n) is 5.61. The molecule has 3 N–H and O–H groups in total. The van der Waals surface area contributed by atoms with E-state index in [1.807, 2.05) is 11.4 Å². The van der Waals surface area contributed by atoms with Crippen molar-refractivity contribution in [3.63, 3.8) is 0 Å². The van der Waals surface area contributed by atoms with Crippen LogP contribution in [0.3, 0.4) is 0 Å². The van der Waals surface area contributed by atoms with Crippen molar-refractivity contribution < 1.29 is 4.79 Å². The van der Waals surface area contributed by atoms with Gasteiger partial charge in [0, 0.05) is 10.4 Å². The fraction of sp³-hybridized carbons (Fsp3) is 0.154. The maximum absolute atomic E-state index is 11.8. The number of nitrogens with two attached hydrogens (primary N) is 1. The zero-order valence-corrected chi connectivity index (χ0v) is 10.9. The Morgan fingerprint density at radius 1 is 1.42 bits per heavy atom. The Kier molecular flexibility index (Phi) is 4.61. The molecule has 2 heterocycles. The van der Waals surface area contributed by atoms with Crippen LogP contribution in [-0.4, -0.2) is 22.6 Å². The van der Waals surface area contributed by atoms with E-state index in [0.717, 1.165) is 10.4 Å². The summed E-state index contributed by atoms with van der Waals surface area (Å²) < 4.78 is 0. The summed E-state index contributed by atoms with van der Waals surface area (Å²) in [5, 5.41) is 12.1. The first-order valence-corrected chi connectivity index (χ1v) is 6.49. The van der Waals surface area contributed by atoms with Gasteiger partial charge >= 0.3 is 0 Å². The molecule has 0 unspecified atom stereocenters. The quantitative estimate of drug-likeness (QED) is 0.809. The second-order valence-electron chi connectivity index (χ2n) is 3.58. The highest BCUT2D eigenvalue weighted by molar-refractivity contribution is 7.10. The summed E-state index contributed by atoms with van der Waals surface area (Å²) in [5.41, 5.74) is 6.73. The molecule has 0 spiro atoms. The van der Waals surface area contributed by atoms with Crippen LogP contribution in [0.2, 0.25) is 0 Å². The van der Waals surface area contributed by atoms with Crippen LogP contribution in [0.4, 0.5) is 0 Å².